The molecule has 0 aliphatic carbocycles. The Hall–Kier alpha value is 1.40. The first kappa shape index (κ1) is 18.4. The van der Waals surface area contributed by atoms with E-state index in [1.54, 1.807) is 2.78 Å². The van der Waals surface area contributed by atoms with Crippen LogP contribution in [-0.4, -0.2) is 90.1 Å². The fourth-order valence-electron chi connectivity index (χ4n) is 2.28. The van der Waals surface area contributed by atoms with Crippen LogP contribution in [0.15, 0.2) is 0 Å². The van der Waals surface area contributed by atoms with Crippen molar-refractivity contribution in [2.75, 3.05) is 39.3 Å². The van der Waals surface area contributed by atoms with Crippen molar-refractivity contribution in [1.29, 1.82) is 0 Å². The Kier molecular flexibility index (Phi) is 15.0. The molecule has 0 radical (unpaired) electrons. The molecule has 0 heterocycles. The van der Waals surface area contributed by atoms with Crippen molar-refractivity contribution in [2.24, 2.45) is 0 Å². The molecular weight excluding hydrogens is 284 g/mol. The summed E-state index contributed by atoms with van der Waals surface area (Å²) in [4.78, 5) is 5.11. The molecule has 100 valence electrons. The molecule has 0 aromatic carbocycles. The van der Waals surface area contributed by atoms with E-state index in [2.05, 4.69) is 37.5 Å². The molecule has 3 heteroatoms. The van der Waals surface area contributed by atoms with Crippen LogP contribution in [0.2, 0.25) is 2.78 Å². The van der Waals surface area contributed by atoms with Gasteiger partial charge in [-0.15, -0.1) is 0 Å². The monoisotopic (exact) mass is 316 g/mol. The SMILES string of the molecule is CCN(CC)CC[CH2][Sr][CH2]CCN(CC)CC. The van der Waals surface area contributed by atoms with Crippen molar-refractivity contribution in [2.45, 2.75) is 43.3 Å². The third kappa shape index (κ3) is 11.0. The quantitative estimate of drug-likeness (QED) is 0.403. The maximum atomic E-state index is 2.56. The van der Waals surface area contributed by atoms with E-state index in [1.807, 2.05) is 0 Å². The molecule has 0 amide bonds. The molecule has 0 rings (SSSR count). The Morgan fingerprint density at radius 3 is 1.29 bits per heavy atom. The molecule has 0 aromatic heterocycles. The minimum absolute atomic E-state index is 0.362. The van der Waals surface area contributed by atoms with Crippen LogP contribution in [0.4, 0.5) is 0 Å². The van der Waals surface area contributed by atoms with Crippen LogP contribution in [-0.2, 0) is 0 Å². The number of nitrogens with zero attached hydrogens (tertiary/aromatic N) is 2. The Balaban J connectivity index is 3.23. The van der Waals surface area contributed by atoms with Gasteiger partial charge in [-0.2, -0.15) is 0 Å². The first-order valence-electron chi connectivity index (χ1n) is 7.73. The summed E-state index contributed by atoms with van der Waals surface area (Å²) in [5.41, 5.74) is 0. The summed E-state index contributed by atoms with van der Waals surface area (Å²) in [7, 11) is 0. The predicted octanol–water partition coefficient (Wildman–Crippen LogP) is 2.99. The molecule has 0 bridgehead atoms. The van der Waals surface area contributed by atoms with E-state index < -0.39 is 0 Å². The first-order valence-corrected chi connectivity index (χ1v) is 12.6. The van der Waals surface area contributed by atoms with Crippen LogP contribution >= 0.6 is 0 Å². The van der Waals surface area contributed by atoms with Gasteiger partial charge in [0.2, 0.25) is 0 Å². The van der Waals surface area contributed by atoms with Gasteiger partial charge in [0, 0.05) is 0 Å². The van der Waals surface area contributed by atoms with Crippen LogP contribution in [0.25, 0.3) is 0 Å². The first-order chi connectivity index (χ1) is 8.28. The maximum absolute atomic E-state index is 2.56. The molecule has 0 saturated heterocycles. The van der Waals surface area contributed by atoms with Gasteiger partial charge >= 0.3 is 133 Å². The van der Waals surface area contributed by atoms with Crippen LogP contribution < -0.4 is 0 Å². The second-order valence-electron chi connectivity index (χ2n) is 4.82. The summed E-state index contributed by atoms with van der Waals surface area (Å²) >= 11 is -0.362. The van der Waals surface area contributed by atoms with Gasteiger partial charge in [0.05, 0.1) is 0 Å². The van der Waals surface area contributed by atoms with Crippen molar-refractivity contribution < 1.29 is 0 Å². The van der Waals surface area contributed by atoms with Crippen molar-refractivity contribution in [3.63, 3.8) is 0 Å². The van der Waals surface area contributed by atoms with E-state index >= 15 is 0 Å². The Morgan fingerprint density at radius 2 is 1.00 bits per heavy atom. The van der Waals surface area contributed by atoms with Crippen LogP contribution in [0, 0.1) is 0 Å². The number of rotatable bonds is 12. The molecule has 0 atom stereocenters. The molecule has 0 spiro atoms. The van der Waals surface area contributed by atoms with Gasteiger partial charge in [-0.05, 0) is 0 Å². The Bertz CT molecular complexity index is 129. The fourth-order valence-corrected chi connectivity index (χ4v) is 5.99. The molecule has 0 saturated carbocycles. The van der Waals surface area contributed by atoms with Crippen molar-refractivity contribution in [3.05, 3.63) is 0 Å². The molecule has 2 nitrogen and oxygen atoms in total. The average molecular weight is 316 g/mol. The molecule has 0 fully saturated rings. The summed E-state index contributed by atoms with van der Waals surface area (Å²) in [5, 5.41) is 0. The van der Waals surface area contributed by atoms with E-state index in [4.69, 9.17) is 0 Å². The summed E-state index contributed by atoms with van der Waals surface area (Å²) in [5.74, 6) is 0. The topological polar surface area (TPSA) is 6.48 Å². The summed E-state index contributed by atoms with van der Waals surface area (Å²) in [6.45, 7) is 16.7. The van der Waals surface area contributed by atoms with E-state index in [0.717, 1.165) is 0 Å². The van der Waals surface area contributed by atoms with Crippen molar-refractivity contribution in [1.82, 2.24) is 9.80 Å². The molecule has 0 aliphatic heterocycles. The summed E-state index contributed by atoms with van der Waals surface area (Å²) < 4.78 is 3.24. The average Bonchev–Trinajstić information content (AvgIpc) is 2.37. The van der Waals surface area contributed by atoms with Crippen molar-refractivity contribution >= 4 is 41.0 Å². The predicted molar refractivity (Wildman–Crippen MR) is 80.2 cm³/mol. The van der Waals surface area contributed by atoms with Gasteiger partial charge in [0.25, 0.3) is 0 Å². The zero-order valence-corrected chi connectivity index (χ0v) is 16.1. The minimum atomic E-state index is -0.362. The van der Waals surface area contributed by atoms with E-state index in [-0.39, 0.29) is 41.0 Å². The van der Waals surface area contributed by atoms with E-state index in [9.17, 15) is 0 Å². The molecular formula is C14H32N2Sr. The standard InChI is InChI=1S/2C7H16N.Sr/c2*1-4-7-8(5-2)6-3;/h2*1,4-7H2,2-3H3;. The third-order valence-electron chi connectivity index (χ3n) is 3.74. The van der Waals surface area contributed by atoms with Crippen LogP contribution in [0.1, 0.15) is 40.5 Å². The molecule has 0 unspecified atom stereocenters. The Morgan fingerprint density at radius 1 is 0.647 bits per heavy atom. The fraction of sp³-hybridized carbons (Fsp3) is 1.00. The summed E-state index contributed by atoms with van der Waals surface area (Å²) in [6, 6.07) is 0. The van der Waals surface area contributed by atoms with Crippen LogP contribution in [0.3, 0.4) is 0 Å². The second-order valence-corrected chi connectivity index (χ2v) is 10.0. The molecule has 17 heavy (non-hydrogen) atoms. The van der Waals surface area contributed by atoms with Gasteiger partial charge in [-0.3, -0.25) is 0 Å². The number of hydrogen-bond acceptors (Lipinski definition) is 2. The molecule has 0 aromatic rings. The zero-order valence-electron chi connectivity index (χ0n) is 12.7. The molecule has 0 N–H and O–H groups in total. The number of hydrogen-bond donors (Lipinski definition) is 0. The normalized spacial score (nSPS) is 11.2. The second kappa shape index (κ2) is 13.8. The van der Waals surface area contributed by atoms with Gasteiger partial charge in [0.15, 0.2) is 0 Å². The van der Waals surface area contributed by atoms with Gasteiger partial charge in [-0.1, -0.05) is 0 Å². The zero-order chi connectivity index (χ0) is 12.9. The van der Waals surface area contributed by atoms with E-state index in [0.29, 0.717) is 0 Å². The summed E-state index contributed by atoms with van der Waals surface area (Å²) in [6.07, 6.45) is 2.95. The third-order valence-corrected chi connectivity index (χ3v) is 8.65. The van der Waals surface area contributed by atoms with Crippen molar-refractivity contribution in [3.8, 4) is 0 Å². The van der Waals surface area contributed by atoms with Gasteiger partial charge in [0.1, 0.15) is 0 Å². The molecule has 0 aliphatic rings. The van der Waals surface area contributed by atoms with Gasteiger partial charge < -0.3 is 0 Å². The Labute approximate surface area is 132 Å². The van der Waals surface area contributed by atoms with Gasteiger partial charge in [-0.25, -0.2) is 0 Å². The van der Waals surface area contributed by atoms with E-state index in [1.165, 1.54) is 52.1 Å². The van der Waals surface area contributed by atoms with Crippen LogP contribution in [0.5, 0.6) is 0 Å².